The third-order valence-corrected chi connectivity index (χ3v) is 6.00. The van der Waals surface area contributed by atoms with Crippen LogP contribution in [0.3, 0.4) is 0 Å². The molecular weight excluding hydrogens is 383 g/mol. The van der Waals surface area contributed by atoms with Crippen molar-refractivity contribution in [1.29, 1.82) is 0 Å². The van der Waals surface area contributed by atoms with Crippen LogP contribution >= 0.6 is 23.2 Å². The number of hydrogen-bond donors (Lipinski definition) is 2. The number of methoxy groups -OCH3 is 1. The zero-order valence-corrected chi connectivity index (χ0v) is 16.9. The van der Waals surface area contributed by atoms with Gasteiger partial charge in [0.05, 0.1) is 23.4 Å². The number of ether oxygens (including phenoxy) is 1. The molecule has 0 aromatic heterocycles. The number of nitrogens with one attached hydrogen (secondary N) is 1. The highest BCUT2D eigenvalue weighted by molar-refractivity contribution is 6.33. The number of halogens is 2. The summed E-state index contributed by atoms with van der Waals surface area (Å²) in [5.74, 6) is 0.200. The monoisotopic (exact) mass is 406 g/mol. The van der Waals surface area contributed by atoms with Gasteiger partial charge < -0.3 is 15.8 Å². The minimum atomic E-state index is -0.215. The minimum Gasteiger partial charge on any atom is -0.496 e. The van der Waals surface area contributed by atoms with Gasteiger partial charge in [-0.25, -0.2) is 0 Å². The summed E-state index contributed by atoms with van der Waals surface area (Å²) in [6.45, 7) is 0.554. The smallest absolute Gasteiger partial charge is 0.255 e. The van der Waals surface area contributed by atoms with Crippen LogP contribution < -0.4 is 15.8 Å². The van der Waals surface area contributed by atoms with E-state index >= 15 is 0 Å². The molecule has 4 nitrogen and oxygen atoms in total. The normalized spacial score (nSPS) is 16.0. The maximum atomic E-state index is 12.8. The molecule has 0 bridgehead atoms. The molecule has 1 fully saturated rings. The molecule has 0 saturated heterocycles. The Bertz CT molecular complexity index is 816. The molecule has 1 saturated carbocycles. The Morgan fingerprint density at radius 1 is 1.15 bits per heavy atom. The summed E-state index contributed by atoms with van der Waals surface area (Å²) in [6, 6.07) is 11.1. The number of amides is 1. The van der Waals surface area contributed by atoms with E-state index in [-0.39, 0.29) is 11.3 Å². The van der Waals surface area contributed by atoms with Crippen molar-refractivity contribution in [1.82, 2.24) is 5.32 Å². The average molecular weight is 407 g/mol. The van der Waals surface area contributed by atoms with E-state index in [0.717, 1.165) is 30.7 Å². The molecule has 0 radical (unpaired) electrons. The van der Waals surface area contributed by atoms with Gasteiger partial charge in [0.1, 0.15) is 5.75 Å². The molecule has 0 atom stereocenters. The fourth-order valence-electron chi connectivity index (χ4n) is 3.86. The van der Waals surface area contributed by atoms with Crippen molar-refractivity contribution in [2.24, 2.45) is 0 Å². The second-order valence-electron chi connectivity index (χ2n) is 7.10. The van der Waals surface area contributed by atoms with Crippen LogP contribution in [0.2, 0.25) is 10.0 Å². The van der Waals surface area contributed by atoms with E-state index < -0.39 is 0 Å². The van der Waals surface area contributed by atoms with Crippen molar-refractivity contribution in [3.63, 3.8) is 0 Å². The molecule has 0 unspecified atom stereocenters. The Morgan fingerprint density at radius 3 is 2.44 bits per heavy atom. The number of hydrogen-bond acceptors (Lipinski definition) is 3. The molecule has 0 heterocycles. The van der Waals surface area contributed by atoms with Crippen LogP contribution in [0.25, 0.3) is 0 Å². The molecule has 144 valence electrons. The van der Waals surface area contributed by atoms with Gasteiger partial charge in [0, 0.05) is 23.0 Å². The van der Waals surface area contributed by atoms with Crippen molar-refractivity contribution in [3.8, 4) is 5.75 Å². The second-order valence-corrected chi connectivity index (χ2v) is 7.95. The van der Waals surface area contributed by atoms with Crippen molar-refractivity contribution >= 4 is 34.8 Å². The van der Waals surface area contributed by atoms with Crippen LogP contribution in [0.4, 0.5) is 5.69 Å². The number of carbonyl (C=O) groups excluding carboxylic acids is 1. The highest BCUT2D eigenvalue weighted by atomic mass is 35.5. The molecule has 0 aliphatic heterocycles. The van der Waals surface area contributed by atoms with Crippen molar-refractivity contribution < 1.29 is 9.53 Å². The Labute approximate surface area is 170 Å². The van der Waals surface area contributed by atoms with Gasteiger partial charge in [-0.2, -0.15) is 0 Å². The maximum Gasteiger partial charge on any atom is 0.255 e. The molecule has 0 spiro atoms. The number of carbonyl (C=O) groups is 1. The van der Waals surface area contributed by atoms with Crippen LogP contribution in [0.1, 0.15) is 48.0 Å². The third-order valence-electron chi connectivity index (χ3n) is 5.42. The molecule has 1 aliphatic rings. The number of nitrogen functional groups attached to an aromatic ring is 1. The quantitative estimate of drug-likeness (QED) is 0.669. The fraction of sp³-hybridized carbons (Fsp3) is 0.381. The molecule has 6 heteroatoms. The van der Waals surface area contributed by atoms with Gasteiger partial charge in [0.25, 0.3) is 5.91 Å². The first kappa shape index (κ1) is 19.8. The van der Waals surface area contributed by atoms with E-state index in [4.69, 9.17) is 33.7 Å². The average Bonchev–Trinajstić information content (AvgIpc) is 2.69. The largest absolute Gasteiger partial charge is 0.496 e. The molecule has 1 aliphatic carbocycles. The van der Waals surface area contributed by atoms with Crippen LogP contribution in [0, 0.1) is 0 Å². The van der Waals surface area contributed by atoms with E-state index in [1.54, 1.807) is 12.1 Å². The summed E-state index contributed by atoms with van der Waals surface area (Å²) >= 11 is 12.2. The van der Waals surface area contributed by atoms with Gasteiger partial charge in [-0.05, 0) is 36.6 Å². The first-order chi connectivity index (χ1) is 12.9. The lowest BCUT2D eigenvalue weighted by Crippen LogP contribution is -2.42. The summed E-state index contributed by atoms with van der Waals surface area (Å²) in [5, 5.41) is 4.15. The van der Waals surface area contributed by atoms with Crippen LogP contribution in [-0.4, -0.2) is 19.6 Å². The van der Waals surface area contributed by atoms with Gasteiger partial charge in [-0.15, -0.1) is 0 Å². The number of rotatable bonds is 5. The van der Waals surface area contributed by atoms with Crippen molar-refractivity contribution in [3.05, 3.63) is 57.6 Å². The van der Waals surface area contributed by atoms with E-state index in [2.05, 4.69) is 17.4 Å². The first-order valence-electron chi connectivity index (χ1n) is 9.12. The van der Waals surface area contributed by atoms with Crippen molar-refractivity contribution in [2.45, 2.75) is 37.5 Å². The summed E-state index contributed by atoms with van der Waals surface area (Å²) in [5.41, 5.74) is 7.72. The molecule has 2 aromatic carbocycles. The zero-order valence-electron chi connectivity index (χ0n) is 15.4. The van der Waals surface area contributed by atoms with E-state index in [9.17, 15) is 4.79 Å². The Hall–Kier alpha value is -1.91. The highest BCUT2D eigenvalue weighted by Gasteiger charge is 2.34. The predicted molar refractivity (Wildman–Crippen MR) is 111 cm³/mol. The van der Waals surface area contributed by atoms with Gasteiger partial charge >= 0.3 is 0 Å². The maximum absolute atomic E-state index is 12.8. The topological polar surface area (TPSA) is 64.3 Å². The van der Waals surface area contributed by atoms with Gasteiger partial charge in [0.2, 0.25) is 0 Å². The first-order valence-corrected chi connectivity index (χ1v) is 9.88. The predicted octanol–water partition coefficient (Wildman–Crippen LogP) is 5.22. The molecule has 3 N–H and O–H groups in total. The van der Waals surface area contributed by atoms with Gasteiger partial charge in [0.15, 0.2) is 0 Å². The lowest BCUT2D eigenvalue weighted by atomic mass is 9.69. The van der Waals surface area contributed by atoms with E-state index in [1.807, 2.05) is 12.1 Å². The Kier molecular flexibility index (Phi) is 6.18. The molecular formula is C21H24Cl2N2O2. The van der Waals surface area contributed by atoms with E-state index in [0.29, 0.717) is 28.6 Å². The highest BCUT2D eigenvalue weighted by Crippen LogP contribution is 2.39. The van der Waals surface area contributed by atoms with Gasteiger partial charge in [-0.3, -0.25) is 4.79 Å². The standard InChI is InChI=1S/C21H24Cl2N2O2/c1-27-19-12-18(24)17(23)11-16(19)20(26)25-13-21(9-3-2-4-10-21)14-5-7-15(22)8-6-14/h5-8,11-12H,2-4,9-10,13,24H2,1H3,(H,25,26). The molecule has 1 amide bonds. The summed E-state index contributed by atoms with van der Waals surface area (Å²) < 4.78 is 5.30. The third kappa shape index (κ3) is 4.33. The van der Waals surface area contributed by atoms with Gasteiger partial charge in [-0.1, -0.05) is 54.6 Å². The van der Waals surface area contributed by atoms with Crippen molar-refractivity contribution in [2.75, 3.05) is 19.4 Å². The minimum absolute atomic E-state index is 0.0800. The SMILES string of the molecule is COc1cc(N)c(Cl)cc1C(=O)NCC1(c2ccc(Cl)cc2)CCCCC1. The Morgan fingerprint density at radius 2 is 1.81 bits per heavy atom. The fourth-order valence-corrected chi connectivity index (χ4v) is 4.15. The van der Waals surface area contributed by atoms with E-state index in [1.165, 1.54) is 19.1 Å². The summed E-state index contributed by atoms with van der Waals surface area (Å²) in [6.07, 6.45) is 5.60. The number of anilines is 1. The van der Waals surface area contributed by atoms with Crippen LogP contribution in [0.15, 0.2) is 36.4 Å². The number of nitrogens with two attached hydrogens (primary N) is 1. The molecule has 3 rings (SSSR count). The lowest BCUT2D eigenvalue weighted by molar-refractivity contribution is 0.0933. The Balaban J connectivity index is 1.83. The van der Waals surface area contributed by atoms with Crippen LogP contribution in [-0.2, 0) is 5.41 Å². The zero-order chi connectivity index (χ0) is 19.4. The second kappa shape index (κ2) is 8.41. The lowest BCUT2D eigenvalue weighted by Gasteiger charge is -2.38. The number of benzene rings is 2. The van der Waals surface area contributed by atoms with Crippen LogP contribution in [0.5, 0.6) is 5.75 Å². The molecule has 2 aromatic rings. The summed E-state index contributed by atoms with van der Waals surface area (Å²) in [7, 11) is 1.51. The summed E-state index contributed by atoms with van der Waals surface area (Å²) in [4.78, 5) is 12.8. The molecule has 27 heavy (non-hydrogen) atoms.